The van der Waals surface area contributed by atoms with Gasteiger partial charge in [-0.25, -0.2) is 0 Å². The van der Waals surface area contributed by atoms with E-state index in [1.165, 1.54) is 6.08 Å². The van der Waals surface area contributed by atoms with Crippen LogP contribution in [0.2, 0.25) is 5.02 Å². The van der Waals surface area contributed by atoms with Crippen LogP contribution in [-0.4, -0.2) is 5.91 Å². The van der Waals surface area contributed by atoms with Gasteiger partial charge < -0.3 is 5.32 Å². The number of benzene rings is 1. The molecule has 0 unspecified atom stereocenters. The minimum absolute atomic E-state index is 0.148. The number of rotatable bonds is 2. The van der Waals surface area contributed by atoms with Gasteiger partial charge in [-0.1, -0.05) is 23.7 Å². The van der Waals surface area contributed by atoms with E-state index in [2.05, 4.69) is 5.32 Å². The maximum Gasteiger partial charge on any atom is 0.248 e. The van der Waals surface area contributed by atoms with Crippen molar-refractivity contribution in [1.82, 2.24) is 0 Å². The zero-order chi connectivity index (χ0) is 9.68. The molecule has 13 heavy (non-hydrogen) atoms. The Balaban J connectivity index is 2.69. The van der Waals surface area contributed by atoms with Crippen molar-refractivity contribution in [2.24, 2.45) is 0 Å². The van der Waals surface area contributed by atoms with Gasteiger partial charge in [-0.05, 0) is 31.2 Å². The molecule has 0 atom stereocenters. The Morgan fingerprint density at radius 1 is 1.54 bits per heavy atom. The molecule has 68 valence electrons. The summed E-state index contributed by atoms with van der Waals surface area (Å²) in [5.41, 5.74) is 0.704. The van der Waals surface area contributed by atoms with E-state index in [1.54, 1.807) is 37.3 Å². The average molecular weight is 196 g/mol. The van der Waals surface area contributed by atoms with Crippen molar-refractivity contribution in [2.45, 2.75) is 6.92 Å². The van der Waals surface area contributed by atoms with Gasteiger partial charge in [0.2, 0.25) is 5.91 Å². The molecular formula is C10H10ClNO. The number of nitrogens with one attached hydrogen (secondary N) is 1. The summed E-state index contributed by atoms with van der Waals surface area (Å²) in [4.78, 5) is 11.1. The molecular weight excluding hydrogens is 186 g/mol. The van der Waals surface area contributed by atoms with Gasteiger partial charge in [0.05, 0.1) is 0 Å². The van der Waals surface area contributed by atoms with Crippen molar-refractivity contribution in [3.05, 3.63) is 41.4 Å². The third-order valence-corrected chi connectivity index (χ3v) is 1.65. The molecule has 0 bridgehead atoms. The van der Waals surface area contributed by atoms with Crippen molar-refractivity contribution < 1.29 is 4.79 Å². The van der Waals surface area contributed by atoms with E-state index < -0.39 is 0 Å². The lowest BCUT2D eigenvalue weighted by Crippen LogP contribution is -2.07. The van der Waals surface area contributed by atoms with Crippen molar-refractivity contribution in [3.8, 4) is 0 Å². The molecule has 0 aliphatic heterocycles. The fourth-order valence-electron chi connectivity index (χ4n) is 0.902. The van der Waals surface area contributed by atoms with Gasteiger partial charge >= 0.3 is 0 Å². The predicted octanol–water partition coefficient (Wildman–Crippen LogP) is 2.85. The number of allylic oxidation sites excluding steroid dienone is 1. The molecule has 0 aromatic heterocycles. The lowest BCUT2D eigenvalue weighted by molar-refractivity contribution is -0.111. The van der Waals surface area contributed by atoms with Crippen molar-refractivity contribution in [3.63, 3.8) is 0 Å². The van der Waals surface area contributed by atoms with Crippen LogP contribution in [0.15, 0.2) is 36.4 Å². The third kappa shape index (κ3) is 3.30. The molecule has 0 radical (unpaired) electrons. The molecule has 0 aliphatic rings. The summed E-state index contributed by atoms with van der Waals surface area (Å²) < 4.78 is 0. The quantitative estimate of drug-likeness (QED) is 0.723. The Bertz CT molecular complexity index is 333. The normalized spacial score (nSPS) is 10.3. The second kappa shape index (κ2) is 4.67. The van der Waals surface area contributed by atoms with Crippen LogP contribution >= 0.6 is 11.6 Å². The van der Waals surface area contributed by atoms with E-state index in [0.717, 1.165) is 0 Å². The standard InChI is InChI=1S/C10H10ClNO/c1-2-4-10(13)12-9-6-3-5-8(11)7-9/h2-7H,1H3,(H,12,13). The first-order valence-corrected chi connectivity index (χ1v) is 4.29. The number of hydrogen-bond acceptors (Lipinski definition) is 1. The van der Waals surface area contributed by atoms with Gasteiger partial charge in [0.25, 0.3) is 0 Å². The average Bonchev–Trinajstić information content (AvgIpc) is 2.04. The zero-order valence-electron chi connectivity index (χ0n) is 7.25. The van der Waals surface area contributed by atoms with Gasteiger partial charge in [0.1, 0.15) is 0 Å². The van der Waals surface area contributed by atoms with E-state index in [9.17, 15) is 4.79 Å². The molecule has 1 aromatic carbocycles. The monoisotopic (exact) mass is 195 g/mol. The van der Waals surface area contributed by atoms with Crippen LogP contribution in [0.1, 0.15) is 6.92 Å². The molecule has 0 saturated heterocycles. The van der Waals surface area contributed by atoms with Crippen LogP contribution in [0.5, 0.6) is 0 Å². The van der Waals surface area contributed by atoms with Crippen LogP contribution in [0.25, 0.3) is 0 Å². The van der Waals surface area contributed by atoms with Crippen LogP contribution in [-0.2, 0) is 4.79 Å². The molecule has 0 saturated carbocycles. The maximum absolute atomic E-state index is 11.1. The summed E-state index contributed by atoms with van der Waals surface area (Å²) in [6, 6.07) is 7.02. The van der Waals surface area contributed by atoms with Crippen LogP contribution < -0.4 is 5.32 Å². The fourth-order valence-corrected chi connectivity index (χ4v) is 1.09. The molecule has 1 rings (SSSR count). The molecule has 0 aliphatic carbocycles. The van der Waals surface area contributed by atoms with E-state index in [0.29, 0.717) is 10.7 Å². The Labute approximate surface area is 82.2 Å². The predicted molar refractivity (Wildman–Crippen MR) is 54.9 cm³/mol. The van der Waals surface area contributed by atoms with Crippen molar-refractivity contribution in [1.29, 1.82) is 0 Å². The summed E-state index contributed by atoms with van der Waals surface area (Å²) in [5.74, 6) is -0.148. The lowest BCUT2D eigenvalue weighted by Gasteiger charge is -2.01. The maximum atomic E-state index is 11.1. The van der Waals surface area contributed by atoms with Gasteiger partial charge in [-0.3, -0.25) is 4.79 Å². The number of halogens is 1. The Morgan fingerprint density at radius 2 is 2.31 bits per heavy atom. The number of carbonyl (C=O) groups excluding carboxylic acids is 1. The smallest absolute Gasteiger partial charge is 0.248 e. The largest absolute Gasteiger partial charge is 0.322 e. The number of amides is 1. The van der Waals surface area contributed by atoms with Crippen LogP contribution in [0.3, 0.4) is 0 Å². The zero-order valence-corrected chi connectivity index (χ0v) is 8.01. The molecule has 2 nitrogen and oxygen atoms in total. The summed E-state index contributed by atoms with van der Waals surface area (Å²) >= 11 is 5.74. The topological polar surface area (TPSA) is 29.1 Å². The van der Waals surface area contributed by atoms with Gasteiger partial charge in [-0.15, -0.1) is 0 Å². The molecule has 1 amide bonds. The highest BCUT2D eigenvalue weighted by molar-refractivity contribution is 6.30. The van der Waals surface area contributed by atoms with Crippen molar-refractivity contribution in [2.75, 3.05) is 5.32 Å². The van der Waals surface area contributed by atoms with Crippen LogP contribution in [0, 0.1) is 0 Å². The minimum Gasteiger partial charge on any atom is -0.322 e. The van der Waals surface area contributed by atoms with E-state index >= 15 is 0 Å². The highest BCUT2D eigenvalue weighted by Crippen LogP contribution is 2.14. The third-order valence-electron chi connectivity index (χ3n) is 1.41. The number of hydrogen-bond donors (Lipinski definition) is 1. The van der Waals surface area contributed by atoms with E-state index in [-0.39, 0.29) is 5.91 Å². The molecule has 0 heterocycles. The SMILES string of the molecule is CC=CC(=O)Nc1cccc(Cl)c1. The molecule has 0 spiro atoms. The van der Waals surface area contributed by atoms with Crippen LogP contribution in [0.4, 0.5) is 5.69 Å². The van der Waals surface area contributed by atoms with Gasteiger partial charge in [0, 0.05) is 10.7 Å². The Hall–Kier alpha value is -1.28. The van der Waals surface area contributed by atoms with E-state index in [1.807, 2.05) is 0 Å². The second-order valence-corrected chi connectivity index (χ2v) is 2.94. The lowest BCUT2D eigenvalue weighted by atomic mass is 10.3. The summed E-state index contributed by atoms with van der Waals surface area (Å²) in [6.07, 6.45) is 3.14. The first-order valence-electron chi connectivity index (χ1n) is 3.91. The fraction of sp³-hybridized carbons (Fsp3) is 0.100. The minimum atomic E-state index is -0.148. The Morgan fingerprint density at radius 3 is 2.92 bits per heavy atom. The number of anilines is 1. The van der Waals surface area contributed by atoms with E-state index in [4.69, 9.17) is 11.6 Å². The molecule has 3 heteroatoms. The summed E-state index contributed by atoms with van der Waals surface area (Å²) in [5, 5.41) is 3.28. The second-order valence-electron chi connectivity index (χ2n) is 2.50. The molecule has 1 aromatic rings. The molecule has 0 fully saturated rings. The number of carbonyl (C=O) groups is 1. The first-order chi connectivity index (χ1) is 6.22. The molecule has 1 N–H and O–H groups in total. The summed E-state index contributed by atoms with van der Waals surface area (Å²) in [6.45, 7) is 1.79. The highest BCUT2D eigenvalue weighted by atomic mass is 35.5. The van der Waals surface area contributed by atoms with Gasteiger partial charge in [0.15, 0.2) is 0 Å². The summed E-state index contributed by atoms with van der Waals surface area (Å²) in [7, 11) is 0. The van der Waals surface area contributed by atoms with Crippen molar-refractivity contribution >= 4 is 23.2 Å². The van der Waals surface area contributed by atoms with Gasteiger partial charge in [-0.2, -0.15) is 0 Å². The first kappa shape index (κ1) is 9.81. The Kier molecular flexibility index (Phi) is 3.53. The highest BCUT2D eigenvalue weighted by Gasteiger charge is 1.96.